The van der Waals surface area contributed by atoms with Crippen LogP contribution in [-0.2, 0) is 14.8 Å². The van der Waals surface area contributed by atoms with E-state index < -0.39 is 10.0 Å². The van der Waals surface area contributed by atoms with Gasteiger partial charge in [-0.2, -0.15) is 4.31 Å². The molecule has 118 valence electrons. The normalized spacial score (nSPS) is 20.9. The molecule has 1 heterocycles. The standard InChI is InChI=1S/C15H24N2O3S/c1-3-15(16)12-6-4-8-14(10-12)21(18,19)17(2)11-13-7-5-9-20-13/h4,6,8,10,13,15H,3,5,7,9,11,16H2,1-2H3. The van der Waals surface area contributed by atoms with Crippen molar-refractivity contribution < 1.29 is 13.2 Å². The molecule has 0 saturated carbocycles. The molecule has 1 aromatic carbocycles. The molecule has 1 saturated heterocycles. The Morgan fingerprint density at radius 3 is 2.86 bits per heavy atom. The number of ether oxygens (including phenoxy) is 1. The Morgan fingerprint density at radius 1 is 1.48 bits per heavy atom. The summed E-state index contributed by atoms with van der Waals surface area (Å²) >= 11 is 0. The van der Waals surface area contributed by atoms with E-state index >= 15 is 0 Å². The van der Waals surface area contributed by atoms with Crippen LogP contribution < -0.4 is 5.73 Å². The molecule has 21 heavy (non-hydrogen) atoms. The van der Waals surface area contributed by atoms with Gasteiger partial charge in [0.05, 0.1) is 11.0 Å². The highest BCUT2D eigenvalue weighted by Gasteiger charge is 2.26. The lowest BCUT2D eigenvalue weighted by Crippen LogP contribution is -2.34. The average molecular weight is 312 g/mol. The fraction of sp³-hybridized carbons (Fsp3) is 0.600. The number of likely N-dealkylation sites (N-methyl/N-ethyl adjacent to an activating group) is 1. The summed E-state index contributed by atoms with van der Waals surface area (Å²) in [5.41, 5.74) is 6.84. The molecule has 0 radical (unpaired) electrons. The zero-order valence-electron chi connectivity index (χ0n) is 12.7. The van der Waals surface area contributed by atoms with Crippen LogP contribution in [0.25, 0.3) is 0 Å². The molecule has 0 bridgehead atoms. The first-order valence-corrected chi connectivity index (χ1v) is 8.82. The predicted molar refractivity (Wildman–Crippen MR) is 82.5 cm³/mol. The minimum absolute atomic E-state index is 0.00542. The smallest absolute Gasteiger partial charge is 0.242 e. The molecule has 0 aromatic heterocycles. The summed E-state index contributed by atoms with van der Waals surface area (Å²) in [6, 6.07) is 6.77. The van der Waals surface area contributed by atoms with Crippen molar-refractivity contribution in [2.24, 2.45) is 5.73 Å². The summed E-state index contributed by atoms with van der Waals surface area (Å²) in [5.74, 6) is 0. The van der Waals surface area contributed by atoms with Gasteiger partial charge in [0.2, 0.25) is 10.0 Å². The van der Waals surface area contributed by atoms with Gasteiger partial charge in [0.25, 0.3) is 0 Å². The van der Waals surface area contributed by atoms with E-state index in [0.717, 1.165) is 31.4 Å². The largest absolute Gasteiger partial charge is 0.377 e. The quantitative estimate of drug-likeness (QED) is 0.870. The lowest BCUT2D eigenvalue weighted by atomic mass is 10.1. The second-order valence-electron chi connectivity index (χ2n) is 5.51. The fourth-order valence-electron chi connectivity index (χ4n) is 2.49. The predicted octanol–water partition coefficient (Wildman–Crippen LogP) is 1.90. The highest BCUT2D eigenvalue weighted by Crippen LogP contribution is 2.22. The average Bonchev–Trinajstić information content (AvgIpc) is 2.99. The summed E-state index contributed by atoms with van der Waals surface area (Å²) in [6.07, 6.45) is 2.70. The molecule has 0 aliphatic carbocycles. The third kappa shape index (κ3) is 3.83. The van der Waals surface area contributed by atoms with Crippen LogP contribution in [0.1, 0.15) is 37.8 Å². The van der Waals surface area contributed by atoms with E-state index in [1.54, 1.807) is 25.2 Å². The number of hydrogen-bond donors (Lipinski definition) is 1. The minimum atomic E-state index is -3.49. The first kappa shape index (κ1) is 16.4. The van der Waals surface area contributed by atoms with Crippen molar-refractivity contribution in [3.05, 3.63) is 29.8 Å². The highest BCUT2D eigenvalue weighted by atomic mass is 32.2. The van der Waals surface area contributed by atoms with Crippen LogP contribution in [0.2, 0.25) is 0 Å². The number of sulfonamides is 1. The highest BCUT2D eigenvalue weighted by molar-refractivity contribution is 7.89. The first-order valence-electron chi connectivity index (χ1n) is 7.38. The van der Waals surface area contributed by atoms with Crippen LogP contribution in [0.3, 0.4) is 0 Å². The second-order valence-corrected chi connectivity index (χ2v) is 7.55. The van der Waals surface area contributed by atoms with Crippen LogP contribution in [0.5, 0.6) is 0 Å². The Labute approximate surface area is 127 Å². The summed E-state index contributed by atoms with van der Waals surface area (Å²) in [4.78, 5) is 0.296. The lowest BCUT2D eigenvalue weighted by molar-refractivity contribution is 0.0979. The molecule has 5 nitrogen and oxygen atoms in total. The van der Waals surface area contributed by atoms with Gasteiger partial charge < -0.3 is 10.5 Å². The van der Waals surface area contributed by atoms with Crippen LogP contribution in [-0.4, -0.2) is 39.0 Å². The van der Waals surface area contributed by atoms with Crippen molar-refractivity contribution in [2.45, 2.75) is 43.2 Å². The minimum Gasteiger partial charge on any atom is -0.377 e. The molecule has 2 atom stereocenters. The van der Waals surface area contributed by atoms with Crippen molar-refractivity contribution >= 4 is 10.0 Å². The van der Waals surface area contributed by atoms with E-state index in [9.17, 15) is 8.42 Å². The number of benzene rings is 1. The van der Waals surface area contributed by atoms with Gasteiger partial charge in [-0.3, -0.25) is 0 Å². The van der Waals surface area contributed by atoms with Gasteiger partial charge >= 0.3 is 0 Å². The van der Waals surface area contributed by atoms with Crippen molar-refractivity contribution in [3.63, 3.8) is 0 Å². The van der Waals surface area contributed by atoms with Crippen molar-refractivity contribution in [1.82, 2.24) is 4.31 Å². The summed E-state index contributed by atoms with van der Waals surface area (Å²) in [7, 11) is -1.89. The monoisotopic (exact) mass is 312 g/mol. The van der Waals surface area contributed by atoms with Gasteiger partial charge in [0.15, 0.2) is 0 Å². The molecule has 1 aliphatic heterocycles. The third-order valence-electron chi connectivity index (χ3n) is 3.92. The van der Waals surface area contributed by atoms with Crippen molar-refractivity contribution in [2.75, 3.05) is 20.2 Å². The van der Waals surface area contributed by atoms with E-state index in [4.69, 9.17) is 10.5 Å². The first-order chi connectivity index (χ1) is 9.95. The van der Waals surface area contributed by atoms with Gasteiger partial charge in [-0.25, -0.2) is 8.42 Å². The van der Waals surface area contributed by atoms with E-state index in [1.165, 1.54) is 4.31 Å². The Kier molecular flexibility index (Phi) is 5.37. The molecular formula is C15H24N2O3S. The summed E-state index contributed by atoms with van der Waals surface area (Å²) in [6.45, 7) is 3.10. The Hall–Kier alpha value is -0.950. The van der Waals surface area contributed by atoms with Gasteiger partial charge in [0, 0.05) is 26.2 Å². The number of nitrogens with zero attached hydrogens (tertiary/aromatic N) is 1. The molecule has 1 aliphatic rings. The third-order valence-corrected chi connectivity index (χ3v) is 5.74. The maximum absolute atomic E-state index is 12.6. The van der Waals surface area contributed by atoms with Crippen LogP contribution >= 0.6 is 0 Å². The van der Waals surface area contributed by atoms with Crippen LogP contribution in [0.4, 0.5) is 0 Å². The zero-order chi connectivity index (χ0) is 15.5. The molecule has 2 rings (SSSR count). The molecule has 0 amide bonds. The van der Waals surface area contributed by atoms with Crippen LogP contribution in [0, 0.1) is 0 Å². The topological polar surface area (TPSA) is 72.6 Å². The number of rotatable bonds is 6. The Balaban J connectivity index is 2.17. The SMILES string of the molecule is CCC(N)c1cccc(S(=O)(=O)N(C)CC2CCCO2)c1. The second kappa shape index (κ2) is 6.87. The van der Waals surface area contributed by atoms with Gasteiger partial charge in [-0.1, -0.05) is 19.1 Å². The van der Waals surface area contributed by atoms with Gasteiger partial charge in [-0.15, -0.1) is 0 Å². The van der Waals surface area contributed by atoms with E-state index in [0.29, 0.717) is 11.4 Å². The van der Waals surface area contributed by atoms with Gasteiger partial charge in [0.1, 0.15) is 0 Å². The summed E-state index contributed by atoms with van der Waals surface area (Å²) < 4.78 is 32.1. The maximum Gasteiger partial charge on any atom is 0.242 e. The lowest BCUT2D eigenvalue weighted by Gasteiger charge is -2.21. The van der Waals surface area contributed by atoms with E-state index in [1.807, 2.05) is 13.0 Å². The van der Waals surface area contributed by atoms with Crippen LogP contribution in [0.15, 0.2) is 29.2 Å². The summed E-state index contributed by atoms with van der Waals surface area (Å²) in [5, 5.41) is 0. The van der Waals surface area contributed by atoms with Crippen molar-refractivity contribution in [1.29, 1.82) is 0 Å². The Morgan fingerprint density at radius 2 is 2.24 bits per heavy atom. The fourth-order valence-corrected chi connectivity index (χ4v) is 3.75. The Bertz CT molecular complexity index is 568. The van der Waals surface area contributed by atoms with E-state index in [-0.39, 0.29) is 12.1 Å². The van der Waals surface area contributed by atoms with Crippen molar-refractivity contribution in [3.8, 4) is 0 Å². The van der Waals surface area contributed by atoms with E-state index in [2.05, 4.69) is 0 Å². The molecule has 1 fully saturated rings. The molecule has 2 unspecified atom stereocenters. The number of hydrogen-bond acceptors (Lipinski definition) is 4. The zero-order valence-corrected chi connectivity index (χ0v) is 13.5. The maximum atomic E-state index is 12.6. The molecule has 6 heteroatoms. The molecule has 1 aromatic rings. The number of nitrogens with two attached hydrogens (primary N) is 1. The molecule has 2 N–H and O–H groups in total. The molecule has 0 spiro atoms. The van der Waals surface area contributed by atoms with Gasteiger partial charge in [-0.05, 0) is 37.0 Å². The molecular weight excluding hydrogens is 288 g/mol.